The smallest absolute Gasteiger partial charge is 0.244 e. The zero-order valence-corrected chi connectivity index (χ0v) is 14.6. The first-order valence-electron chi connectivity index (χ1n) is 7.02. The molecule has 0 aliphatic rings. The number of sulfonamides is 1. The molecule has 0 radical (unpaired) electrons. The number of methoxy groups -OCH3 is 3. The molecule has 1 unspecified atom stereocenters. The Kier molecular flexibility index (Phi) is 6.80. The maximum atomic E-state index is 12.6. The molecule has 0 saturated carbocycles. The van der Waals surface area contributed by atoms with Crippen LogP contribution in [-0.2, 0) is 25.9 Å². The fraction of sp³-hybridized carbons (Fsp3) is 0.600. The monoisotopic (exact) mass is 331 g/mol. The maximum absolute atomic E-state index is 12.6. The summed E-state index contributed by atoms with van der Waals surface area (Å²) in [5, 5.41) is 0. The van der Waals surface area contributed by atoms with Gasteiger partial charge in [0.2, 0.25) is 10.0 Å². The first kappa shape index (κ1) is 18.9. The Hall–Kier alpha value is -1.15. The normalized spacial score (nSPS) is 14.6. The SMILES string of the molecule is CCc1ccc(OC)c(S(=O)(=O)NCC(C)(COC)OC)c1. The second kappa shape index (κ2) is 7.92. The van der Waals surface area contributed by atoms with Crippen LogP contribution in [0, 0.1) is 0 Å². The quantitative estimate of drug-likeness (QED) is 0.744. The summed E-state index contributed by atoms with van der Waals surface area (Å²) in [6, 6.07) is 5.14. The van der Waals surface area contributed by atoms with Crippen molar-refractivity contribution in [3.63, 3.8) is 0 Å². The molecule has 1 aromatic rings. The summed E-state index contributed by atoms with van der Waals surface area (Å²) in [5.41, 5.74) is 0.185. The average Bonchev–Trinajstić information content (AvgIpc) is 2.52. The molecular weight excluding hydrogens is 306 g/mol. The van der Waals surface area contributed by atoms with Crippen LogP contribution in [0.15, 0.2) is 23.1 Å². The van der Waals surface area contributed by atoms with E-state index in [-0.39, 0.29) is 18.0 Å². The number of aryl methyl sites for hydroxylation is 1. The number of hydrogen-bond donors (Lipinski definition) is 1. The van der Waals surface area contributed by atoms with Crippen molar-refractivity contribution >= 4 is 10.0 Å². The van der Waals surface area contributed by atoms with Crippen LogP contribution in [0.5, 0.6) is 5.75 Å². The van der Waals surface area contributed by atoms with E-state index in [9.17, 15) is 8.42 Å². The van der Waals surface area contributed by atoms with E-state index >= 15 is 0 Å². The molecule has 0 saturated heterocycles. The van der Waals surface area contributed by atoms with Crippen molar-refractivity contribution in [3.05, 3.63) is 23.8 Å². The third-order valence-corrected chi connectivity index (χ3v) is 4.93. The summed E-state index contributed by atoms with van der Waals surface area (Å²) < 4.78 is 43.2. The topological polar surface area (TPSA) is 73.9 Å². The molecule has 1 N–H and O–H groups in total. The Bertz CT molecular complexity index is 588. The summed E-state index contributed by atoms with van der Waals surface area (Å²) in [6.07, 6.45) is 0.742. The lowest BCUT2D eigenvalue weighted by molar-refractivity contribution is -0.0460. The largest absolute Gasteiger partial charge is 0.495 e. The summed E-state index contributed by atoms with van der Waals surface area (Å²) >= 11 is 0. The molecule has 0 heterocycles. The fourth-order valence-electron chi connectivity index (χ4n) is 1.96. The predicted molar refractivity (Wildman–Crippen MR) is 84.9 cm³/mol. The lowest BCUT2D eigenvalue weighted by Crippen LogP contribution is -2.45. The number of nitrogens with one attached hydrogen (secondary N) is 1. The van der Waals surface area contributed by atoms with Crippen LogP contribution in [0.2, 0.25) is 0 Å². The molecule has 22 heavy (non-hydrogen) atoms. The van der Waals surface area contributed by atoms with Gasteiger partial charge in [-0.25, -0.2) is 13.1 Å². The molecule has 126 valence electrons. The number of benzene rings is 1. The van der Waals surface area contributed by atoms with Crippen LogP contribution < -0.4 is 9.46 Å². The lowest BCUT2D eigenvalue weighted by atomic mass is 10.1. The van der Waals surface area contributed by atoms with Gasteiger partial charge in [-0.05, 0) is 31.0 Å². The van der Waals surface area contributed by atoms with Gasteiger partial charge in [-0.2, -0.15) is 0 Å². The molecule has 0 aromatic heterocycles. The average molecular weight is 331 g/mol. The molecule has 0 fully saturated rings. The van der Waals surface area contributed by atoms with Gasteiger partial charge in [0.25, 0.3) is 0 Å². The van der Waals surface area contributed by atoms with Crippen LogP contribution in [0.1, 0.15) is 19.4 Å². The highest BCUT2D eigenvalue weighted by Crippen LogP contribution is 2.25. The van der Waals surface area contributed by atoms with E-state index < -0.39 is 15.6 Å². The molecule has 1 aromatic carbocycles. The van der Waals surface area contributed by atoms with Crippen molar-refractivity contribution in [2.75, 3.05) is 34.5 Å². The Morgan fingerprint density at radius 1 is 1.23 bits per heavy atom. The molecule has 1 rings (SSSR count). The van der Waals surface area contributed by atoms with Crippen LogP contribution in [0.3, 0.4) is 0 Å². The van der Waals surface area contributed by atoms with E-state index in [0.29, 0.717) is 5.75 Å². The van der Waals surface area contributed by atoms with Crippen molar-refractivity contribution < 1.29 is 22.6 Å². The molecule has 0 amide bonds. The van der Waals surface area contributed by atoms with Gasteiger partial charge < -0.3 is 14.2 Å². The van der Waals surface area contributed by atoms with Crippen molar-refractivity contribution in [3.8, 4) is 5.75 Å². The van der Waals surface area contributed by atoms with Gasteiger partial charge in [-0.3, -0.25) is 0 Å². The summed E-state index contributed by atoms with van der Waals surface area (Å²) in [6.45, 7) is 4.11. The second-order valence-corrected chi connectivity index (χ2v) is 6.99. The Morgan fingerprint density at radius 2 is 1.91 bits per heavy atom. The van der Waals surface area contributed by atoms with E-state index in [1.165, 1.54) is 14.2 Å². The number of rotatable bonds is 9. The van der Waals surface area contributed by atoms with Crippen molar-refractivity contribution in [2.24, 2.45) is 0 Å². The highest BCUT2D eigenvalue weighted by Gasteiger charge is 2.28. The zero-order chi connectivity index (χ0) is 16.8. The molecule has 6 nitrogen and oxygen atoms in total. The van der Waals surface area contributed by atoms with Crippen molar-refractivity contribution in [1.29, 1.82) is 0 Å². The Morgan fingerprint density at radius 3 is 2.41 bits per heavy atom. The zero-order valence-electron chi connectivity index (χ0n) is 13.8. The van der Waals surface area contributed by atoms with Crippen LogP contribution >= 0.6 is 0 Å². The second-order valence-electron chi connectivity index (χ2n) is 5.25. The molecular formula is C15H25NO5S. The first-order chi connectivity index (χ1) is 10.3. The van der Waals surface area contributed by atoms with Gasteiger partial charge in [0.1, 0.15) is 16.2 Å². The standard InChI is InChI=1S/C15H25NO5S/c1-6-12-7-8-13(20-4)14(9-12)22(17,18)16-10-15(2,21-5)11-19-3/h7-9,16H,6,10-11H2,1-5H3. The highest BCUT2D eigenvalue weighted by atomic mass is 32.2. The first-order valence-corrected chi connectivity index (χ1v) is 8.51. The molecule has 7 heteroatoms. The van der Waals surface area contributed by atoms with E-state index in [1.54, 1.807) is 26.2 Å². The minimum atomic E-state index is -3.71. The fourth-order valence-corrected chi connectivity index (χ4v) is 3.34. The van der Waals surface area contributed by atoms with Gasteiger partial charge in [0, 0.05) is 20.8 Å². The van der Waals surface area contributed by atoms with Crippen LogP contribution in [0.4, 0.5) is 0 Å². The lowest BCUT2D eigenvalue weighted by Gasteiger charge is -2.27. The summed E-state index contributed by atoms with van der Waals surface area (Å²) in [4.78, 5) is 0.130. The van der Waals surface area contributed by atoms with Gasteiger partial charge in [-0.15, -0.1) is 0 Å². The minimum absolute atomic E-state index is 0.0964. The number of hydrogen-bond acceptors (Lipinski definition) is 5. The highest BCUT2D eigenvalue weighted by molar-refractivity contribution is 7.89. The van der Waals surface area contributed by atoms with E-state index in [4.69, 9.17) is 14.2 Å². The Labute approximate surface area is 132 Å². The minimum Gasteiger partial charge on any atom is -0.495 e. The number of ether oxygens (including phenoxy) is 3. The van der Waals surface area contributed by atoms with Gasteiger partial charge in [-0.1, -0.05) is 13.0 Å². The van der Waals surface area contributed by atoms with Crippen molar-refractivity contribution in [1.82, 2.24) is 4.72 Å². The molecule has 0 spiro atoms. The third-order valence-electron chi connectivity index (χ3n) is 3.50. The predicted octanol–water partition coefficient (Wildman–Crippen LogP) is 1.59. The van der Waals surface area contributed by atoms with Crippen LogP contribution in [-0.4, -0.2) is 48.5 Å². The summed E-state index contributed by atoms with van der Waals surface area (Å²) in [5.74, 6) is 0.315. The molecule has 0 aliphatic heterocycles. The van der Waals surface area contributed by atoms with E-state index in [0.717, 1.165) is 12.0 Å². The molecule has 0 aliphatic carbocycles. The third kappa shape index (κ3) is 4.67. The van der Waals surface area contributed by atoms with Crippen LogP contribution in [0.25, 0.3) is 0 Å². The van der Waals surface area contributed by atoms with Crippen molar-refractivity contribution in [2.45, 2.75) is 30.8 Å². The van der Waals surface area contributed by atoms with Gasteiger partial charge in [0.05, 0.1) is 13.7 Å². The summed E-state index contributed by atoms with van der Waals surface area (Å²) in [7, 11) is 0.801. The maximum Gasteiger partial charge on any atom is 0.244 e. The van der Waals surface area contributed by atoms with Gasteiger partial charge in [0.15, 0.2) is 0 Å². The van der Waals surface area contributed by atoms with E-state index in [1.807, 2.05) is 13.0 Å². The van der Waals surface area contributed by atoms with E-state index in [2.05, 4.69) is 4.72 Å². The molecule has 0 bridgehead atoms. The Balaban J connectivity index is 3.04. The molecule has 1 atom stereocenters. The van der Waals surface area contributed by atoms with Gasteiger partial charge >= 0.3 is 0 Å².